The molecule has 0 aliphatic carbocycles. The number of nitrogens with zero attached hydrogens (tertiary/aromatic N) is 2. The number of hydrogen-bond donors (Lipinski definition) is 2. The number of hydrogen-bond acceptors (Lipinski definition) is 4. The molecule has 3 rings (SSSR count). The van der Waals surface area contributed by atoms with E-state index in [0.29, 0.717) is 28.5 Å². The lowest BCUT2D eigenvalue weighted by Crippen LogP contribution is -2.27. The number of aromatic carboxylic acids is 1. The Kier molecular flexibility index (Phi) is 4.71. The number of carbonyl (C=O) groups excluding carboxylic acids is 1. The molecule has 0 fully saturated rings. The van der Waals surface area contributed by atoms with Crippen molar-refractivity contribution >= 4 is 33.7 Å². The summed E-state index contributed by atoms with van der Waals surface area (Å²) in [5.74, 6) is -1.39. The number of carboxylic acid groups (broad SMARTS) is 1. The molecule has 7 nitrogen and oxygen atoms in total. The molecular weight excluding hydrogens is 334 g/mol. The molecule has 0 saturated heterocycles. The molecule has 3 aromatic rings. The minimum atomic E-state index is -1.28. The molecular formula is C19H19N3O4. The summed E-state index contributed by atoms with van der Waals surface area (Å²) < 4.78 is 0. The van der Waals surface area contributed by atoms with Crippen molar-refractivity contribution < 1.29 is 14.7 Å². The van der Waals surface area contributed by atoms with Crippen LogP contribution in [-0.2, 0) is 0 Å². The van der Waals surface area contributed by atoms with E-state index < -0.39 is 11.4 Å². The van der Waals surface area contributed by atoms with Crippen molar-refractivity contribution in [2.75, 3.05) is 13.6 Å². The summed E-state index contributed by atoms with van der Waals surface area (Å²) >= 11 is 0. The normalized spacial score (nSPS) is 11.0. The van der Waals surface area contributed by atoms with Gasteiger partial charge in [-0.05, 0) is 18.6 Å². The first-order valence-electron chi connectivity index (χ1n) is 8.37. The fourth-order valence-corrected chi connectivity index (χ4v) is 2.89. The first kappa shape index (κ1) is 17.6. The fourth-order valence-electron chi connectivity index (χ4n) is 2.89. The second-order valence-electron chi connectivity index (χ2n) is 6.20. The predicted molar refractivity (Wildman–Crippen MR) is 98.7 cm³/mol. The number of pyridine rings is 2. The van der Waals surface area contributed by atoms with E-state index >= 15 is 0 Å². The lowest BCUT2D eigenvalue weighted by atomic mass is 10.1. The maximum absolute atomic E-state index is 12.5. The Hall–Kier alpha value is -3.22. The van der Waals surface area contributed by atoms with Crippen LogP contribution in [0.3, 0.4) is 0 Å². The van der Waals surface area contributed by atoms with Gasteiger partial charge in [0.25, 0.3) is 5.91 Å². The van der Waals surface area contributed by atoms with Crippen molar-refractivity contribution in [3.63, 3.8) is 0 Å². The van der Waals surface area contributed by atoms with Crippen molar-refractivity contribution in [2.45, 2.75) is 19.8 Å². The van der Waals surface area contributed by atoms with E-state index in [1.807, 2.05) is 0 Å². The van der Waals surface area contributed by atoms with Gasteiger partial charge in [-0.15, -0.1) is 0 Å². The van der Waals surface area contributed by atoms with Crippen LogP contribution >= 0.6 is 0 Å². The van der Waals surface area contributed by atoms with Crippen LogP contribution < -0.4 is 5.43 Å². The summed E-state index contributed by atoms with van der Waals surface area (Å²) in [7, 11) is 1.76. The Balaban J connectivity index is 2.08. The Morgan fingerprint density at radius 2 is 2.08 bits per heavy atom. The third kappa shape index (κ3) is 3.03. The number of nitrogens with one attached hydrogen (secondary N) is 1. The number of fused-ring (bicyclic) bond motifs is 3. The Morgan fingerprint density at radius 1 is 1.31 bits per heavy atom. The van der Waals surface area contributed by atoms with E-state index in [1.165, 1.54) is 12.4 Å². The first-order valence-corrected chi connectivity index (χ1v) is 8.37. The molecule has 0 aliphatic heterocycles. The van der Waals surface area contributed by atoms with Gasteiger partial charge in [-0.3, -0.25) is 14.6 Å². The van der Waals surface area contributed by atoms with Gasteiger partial charge in [0, 0.05) is 36.8 Å². The smallest absolute Gasteiger partial charge is 0.341 e. The molecule has 0 radical (unpaired) electrons. The number of carboxylic acids is 1. The van der Waals surface area contributed by atoms with Gasteiger partial charge in [-0.2, -0.15) is 0 Å². The number of unbranched alkanes of at least 4 members (excludes halogenated alkanes) is 1. The Morgan fingerprint density at radius 3 is 2.77 bits per heavy atom. The van der Waals surface area contributed by atoms with E-state index in [1.54, 1.807) is 30.1 Å². The molecule has 0 saturated carbocycles. The summed E-state index contributed by atoms with van der Waals surface area (Å²) in [5, 5.41) is 10.0. The molecule has 2 N–H and O–H groups in total. The Bertz CT molecular complexity index is 1070. The molecule has 26 heavy (non-hydrogen) atoms. The average molecular weight is 353 g/mol. The number of aromatic nitrogens is 2. The third-order valence-electron chi connectivity index (χ3n) is 4.37. The van der Waals surface area contributed by atoms with Crippen molar-refractivity contribution in [3.05, 3.63) is 51.9 Å². The van der Waals surface area contributed by atoms with Crippen molar-refractivity contribution in [2.24, 2.45) is 0 Å². The van der Waals surface area contributed by atoms with Gasteiger partial charge in [0.1, 0.15) is 5.56 Å². The molecule has 1 amide bonds. The molecule has 0 unspecified atom stereocenters. The minimum Gasteiger partial charge on any atom is -0.477 e. The average Bonchev–Trinajstić information content (AvgIpc) is 2.64. The molecule has 0 bridgehead atoms. The molecule has 2 aromatic heterocycles. The number of carbonyl (C=O) groups is 2. The number of rotatable bonds is 5. The highest BCUT2D eigenvalue weighted by Crippen LogP contribution is 2.21. The maximum atomic E-state index is 12.5. The third-order valence-corrected chi connectivity index (χ3v) is 4.37. The largest absolute Gasteiger partial charge is 0.477 e. The van der Waals surface area contributed by atoms with Crippen LogP contribution in [0.4, 0.5) is 0 Å². The van der Waals surface area contributed by atoms with Crippen LogP contribution in [0.1, 0.15) is 40.5 Å². The first-order chi connectivity index (χ1) is 12.4. The zero-order valence-corrected chi connectivity index (χ0v) is 14.6. The summed E-state index contributed by atoms with van der Waals surface area (Å²) in [5.41, 5.74) is 0.565. The van der Waals surface area contributed by atoms with Crippen LogP contribution in [0.2, 0.25) is 0 Å². The topological polar surface area (TPSA) is 103 Å². The van der Waals surface area contributed by atoms with Crippen molar-refractivity contribution in [1.82, 2.24) is 14.9 Å². The fraction of sp³-hybridized carbons (Fsp3) is 0.263. The highest BCUT2D eigenvalue weighted by Gasteiger charge is 2.16. The van der Waals surface area contributed by atoms with Gasteiger partial charge >= 0.3 is 5.97 Å². The molecule has 134 valence electrons. The van der Waals surface area contributed by atoms with Crippen LogP contribution in [0.5, 0.6) is 0 Å². The molecule has 2 heterocycles. The van der Waals surface area contributed by atoms with Crippen molar-refractivity contribution in [3.8, 4) is 0 Å². The van der Waals surface area contributed by atoms with Gasteiger partial charge in [0.05, 0.1) is 16.6 Å². The summed E-state index contributed by atoms with van der Waals surface area (Å²) in [4.78, 5) is 44.7. The minimum absolute atomic E-state index is 0.109. The molecule has 0 atom stereocenters. The molecule has 0 aliphatic rings. The van der Waals surface area contributed by atoms with Crippen LogP contribution in [0.25, 0.3) is 21.8 Å². The summed E-state index contributed by atoms with van der Waals surface area (Å²) in [6, 6.07) is 4.96. The van der Waals surface area contributed by atoms with E-state index in [4.69, 9.17) is 5.11 Å². The van der Waals surface area contributed by atoms with Gasteiger partial charge in [-0.1, -0.05) is 19.4 Å². The van der Waals surface area contributed by atoms with Crippen LogP contribution in [0, 0.1) is 0 Å². The monoisotopic (exact) mass is 353 g/mol. The SMILES string of the molecule is CCCCN(C)C(=O)c1cnc2c(ccc3c(=O)c(C(=O)O)c[nH]c32)c1. The van der Waals surface area contributed by atoms with Gasteiger partial charge in [0.2, 0.25) is 5.43 Å². The molecule has 1 aromatic carbocycles. The van der Waals surface area contributed by atoms with E-state index in [-0.39, 0.29) is 16.9 Å². The lowest BCUT2D eigenvalue weighted by Gasteiger charge is -2.16. The standard InChI is InChI=1S/C19H19N3O4/c1-3-4-7-22(2)18(24)12-8-11-5-6-13-16(15(11)20-9-12)21-10-14(17(13)23)19(25)26/h5-6,8-10H,3-4,7H2,1-2H3,(H,21,23)(H,25,26). The molecule has 0 spiro atoms. The lowest BCUT2D eigenvalue weighted by molar-refractivity contribution is 0.0694. The van der Waals surface area contributed by atoms with E-state index in [9.17, 15) is 14.4 Å². The predicted octanol–water partition coefficient (Wildman–Crippen LogP) is 2.65. The highest BCUT2D eigenvalue weighted by atomic mass is 16.4. The Labute approximate surface area is 149 Å². The van der Waals surface area contributed by atoms with Crippen LogP contribution in [-0.4, -0.2) is 45.4 Å². The zero-order valence-electron chi connectivity index (χ0n) is 14.6. The number of benzene rings is 1. The summed E-state index contributed by atoms with van der Waals surface area (Å²) in [6.45, 7) is 2.74. The van der Waals surface area contributed by atoms with Gasteiger partial charge in [-0.25, -0.2) is 4.79 Å². The van der Waals surface area contributed by atoms with Gasteiger partial charge in [0.15, 0.2) is 0 Å². The second kappa shape index (κ2) is 6.95. The van der Waals surface area contributed by atoms with E-state index in [2.05, 4.69) is 16.9 Å². The van der Waals surface area contributed by atoms with Crippen molar-refractivity contribution in [1.29, 1.82) is 0 Å². The van der Waals surface area contributed by atoms with E-state index in [0.717, 1.165) is 12.8 Å². The number of amides is 1. The second-order valence-corrected chi connectivity index (χ2v) is 6.20. The summed E-state index contributed by atoms with van der Waals surface area (Å²) in [6.07, 6.45) is 4.59. The highest BCUT2D eigenvalue weighted by molar-refractivity contribution is 6.06. The quantitative estimate of drug-likeness (QED) is 0.686. The van der Waals surface area contributed by atoms with Gasteiger partial charge < -0.3 is 15.0 Å². The van der Waals surface area contributed by atoms with Crippen LogP contribution in [0.15, 0.2) is 35.4 Å². The zero-order chi connectivity index (χ0) is 18.8. The number of aromatic amines is 1. The number of H-pyrrole nitrogens is 1. The molecule has 7 heteroatoms. The maximum Gasteiger partial charge on any atom is 0.341 e.